The molecule has 2 aromatic carbocycles. The minimum absolute atomic E-state index is 0.0163. The standard InChI is InChI=1S/C23H26ClN3O5S/c1-4-19(22(29)25-15(2)3)26(13-16-9-5-7-11-18(16)24)21(28)14-27-23(30)17-10-6-8-12-20(17)33(27,31)32/h5-12,15,19H,4,13-14H2,1-3H3,(H,25,29). The third-order valence-electron chi connectivity index (χ3n) is 5.31. The van der Waals surface area contributed by atoms with Gasteiger partial charge >= 0.3 is 0 Å². The molecule has 0 radical (unpaired) electrons. The van der Waals surface area contributed by atoms with Gasteiger partial charge < -0.3 is 10.2 Å². The molecule has 0 aromatic heterocycles. The third kappa shape index (κ3) is 5.04. The summed E-state index contributed by atoms with van der Waals surface area (Å²) < 4.78 is 26.4. The number of halogens is 1. The number of rotatable bonds is 8. The second-order valence-corrected chi connectivity index (χ2v) is 10.3. The van der Waals surface area contributed by atoms with Gasteiger partial charge in [-0.15, -0.1) is 0 Å². The molecule has 1 unspecified atom stereocenters. The molecule has 33 heavy (non-hydrogen) atoms. The van der Waals surface area contributed by atoms with E-state index in [0.29, 0.717) is 14.9 Å². The molecule has 2 aromatic rings. The Bertz CT molecular complexity index is 1180. The molecule has 10 heteroatoms. The Morgan fingerprint density at radius 1 is 1.09 bits per heavy atom. The molecule has 1 aliphatic heterocycles. The van der Waals surface area contributed by atoms with Crippen LogP contribution in [0.3, 0.4) is 0 Å². The lowest BCUT2D eigenvalue weighted by Crippen LogP contribution is -2.53. The van der Waals surface area contributed by atoms with Crippen molar-refractivity contribution < 1.29 is 22.8 Å². The quantitative estimate of drug-likeness (QED) is 0.611. The van der Waals surface area contributed by atoms with E-state index in [1.54, 1.807) is 51.1 Å². The van der Waals surface area contributed by atoms with Gasteiger partial charge in [0.2, 0.25) is 11.8 Å². The maximum absolute atomic E-state index is 13.4. The monoisotopic (exact) mass is 491 g/mol. The molecule has 1 heterocycles. The minimum Gasteiger partial charge on any atom is -0.352 e. The summed E-state index contributed by atoms with van der Waals surface area (Å²) >= 11 is 6.29. The Balaban J connectivity index is 1.95. The number of amides is 3. The van der Waals surface area contributed by atoms with Gasteiger partial charge in [-0.05, 0) is 44.0 Å². The van der Waals surface area contributed by atoms with Crippen LogP contribution in [-0.2, 0) is 26.2 Å². The molecule has 0 saturated carbocycles. The molecular formula is C23H26ClN3O5S. The van der Waals surface area contributed by atoms with Gasteiger partial charge in [-0.3, -0.25) is 14.4 Å². The normalized spacial score (nSPS) is 15.3. The highest BCUT2D eigenvalue weighted by Crippen LogP contribution is 2.30. The molecule has 1 aliphatic rings. The van der Waals surface area contributed by atoms with E-state index in [0.717, 1.165) is 0 Å². The molecule has 3 rings (SSSR count). The van der Waals surface area contributed by atoms with Crippen LogP contribution < -0.4 is 5.32 Å². The molecule has 0 saturated heterocycles. The molecule has 0 aliphatic carbocycles. The number of fused-ring (bicyclic) bond motifs is 1. The molecule has 0 spiro atoms. The van der Waals surface area contributed by atoms with Crippen molar-refractivity contribution in [2.75, 3.05) is 6.54 Å². The van der Waals surface area contributed by atoms with Gasteiger partial charge in [0.05, 0.1) is 5.56 Å². The Kier molecular flexibility index (Phi) is 7.44. The number of carbonyl (C=O) groups excluding carboxylic acids is 3. The van der Waals surface area contributed by atoms with Crippen LogP contribution >= 0.6 is 11.6 Å². The number of hydrogen-bond acceptors (Lipinski definition) is 5. The Morgan fingerprint density at radius 3 is 2.33 bits per heavy atom. The number of nitrogens with one attached hydrogen (secondary N) is 1. The van der Waals surface area contributed by atoms with Crippen LogP contribution in [0.4, 0.5) is 0 Å². The molecule has 1 N–H and O–H groups in total. The summed E-state index contributed by atoms with van der Waals surface area (Å²) in [7, 11) is -4.17. The van der Waals surface area contributed by atoms with Crippen molar-refractivity contribution in [3.63, 3.8) is 0 Å². The summed E-state index contributed by atoms with van der Waals surface area (Å²) in [5.41, 5.74) is 0.620. The summed E-state index contributed by atoms with van der Waals surface area (Å²) in [6.45, 7) is 4.63. The Morgan fingerprint density at radius 2 is 1.73 bits per heavy atom. The zero-order valence-electron chi connectivity index (χ0n) is 18.6. The fourth-order valence-electron chi connectivity index (χ4n) is 3.71. The van der Waals surface area contributed by atoms with Gasteiger partial charge in [0, 0.05) is 17.6 Å². The van der Waals surface area contributed by atoms with Crippen molar-refractivity contribution in [3.05, 3.63) is 64.7 Å². The fraction of sp³-hybridized carbons (Fsp3) is 0.348. The van der Waals surface area contributed by atoms with E-state index in [1.165, 1.54) is 23.1 Å². The summed E-state index contributed by atoms with van der Waals surface area (Å²) in [6, 6.07) is 11.7. The van der Waals surface area contributed by atoms with Crippen LogP contribution in [0.25, 0.3) is 0 Å². The van der Waals surface area contributed by atoms with Gasteiger partial charge in [0.25, 0.3) is 15.9 Å². The lowest BCUT2D eigenvalue weighted by Gasteiger charge is -2.32. The van der Waals surface area contributed by atoms with Gasteiger partial charge in [0.15, 0.2) is 0 Å². The summed E-state index contributed by atoms with van der Waals surface area (Å²) in [5, 5.41) is 3.21. The van der Waals surface area contributed by atoms with Gasteiger partial charge in [0.1, 0.15) is 17.5 Å². The van der Waals surface area contributed by atoms with Crippen LogP contribution in [0.1, 0.15) is 43.1 Å². The van der Waals surface area contributed by atoms with Crippen molar-refractivity contribution in [1.82, 2.24) is 14.5 Å². The van der Waals surface area contributed by atoms with E-state index in [-0.39, 0.29) is 35.4 Å². The van der Waals surface area contributed by atoms with Crippen molar-refractivity contribution in [2.24, 2.45) is 0 Å². The van der Waals surface area contributed by atoms with Crippen LogP contribution in [0, 0.1) is 0 Å². The lowest BCUT2D eigenvalue weighted by molar-refractivity contribution is -0.141. The number of carbonyl (C=O) groups is 3. The topological polar surface area (TPSA) is 104 Å². The predicted octanol–water partition coefficient (Wildman–Crippen LogP) is 2.82. The van der Waals surface area contributed by atoms with E-state index in [1.807, 2.05) is 0 Å². The van der Waals surface area contributed by atoms with Crippen LogP contribution in [0.5, 0.6) is 0 Å². The van der Waals surface area contributed by atoms with Gasteiger partial charge in [-0.1, -0.05) is 48.9 Å². The molecule has 8 nitrogen and oxygen atoms in total. The highest BCUT2D eigenvalue weighted by Gasteiger charge is 2.43. The van der Waals surface area contributed by atoms with Crippen molar-refractivity contribution in [3.8, 4) is 0 Å². The number of sulfonamides is 1. The van der Waals surface area contributed by atoms with Gasteiger partial charge in [-0.25, -0.2) is 12.7 Å². The summed E-state index contributed by atoms with van der Waals surface area (Å²) in [5.74, 6) is -1.81. The summed E-state index contributed by atoms with van der Waals surface area (Å²) in [6.07, 6.45) is 0.287. The minimum atomic E-state index is -4.17. The average molecular weight is 492 g/mol. The SMILES string of the molecule is CCC(C(=O)NC(C)C)N(Cc1ccccc1Cl)C(=O)CN1C(=O)c2ccccc2S1(=O)=O. The van der Waals surface area contributed by atoms with Crippen molar-refractivity contribution in [1.29, 1.82) is 0 Å². The first-order valence-electron chi connectivity index (χ1n) is 10.6. The first-order valence-corrected chi connectivity index (χ1v) is 12.4. The maximum atomic E-state index is 13.4. The zero-order valence-corrected chi connectivity index (χ0v) is 20.2. The summed E-state index contributed by atoms with van der Waals surface area (Å²) in [4.78, 5) is 40.2. The first-order chi connectivity index (χ1) is 15.6. The smallest absolute Gasteiger partial charge is 0.269 e. The molecule has 0 fully saturated rings. The van der Waals surface area contributed by atoms with Crippen LogP contribution in [0.2, 0.25) is 5.02 Å². The Labute approximate surface area is 198 Å². The maximum Gasteiger partial charge on any atom is 0.269 e. The molecule has 176 valence electrons. The van der Waals surface area contributed by atoms with Crippen molar-refractivity contribution in [2.45, 2.75) is 50.7 Å². The van der Waals surface area contributed by atoms with E-state index < -0.39 is 34.4 Å². The number of benzene rings is 2. The number of hydrogen-bond donors (Lipinski definition) is 1. The molecule has 3 amide bonds. The van der Waals surface area contributed by atoms with Crippen LogP contribution in [0.15, 0.2) is 53.4 Å². The zero-order chi connectivity index (χ0) is 24.3. The first kappa shape index (κ1) is 24.7. The van der Waals surface area contributed by atoms with Gasteiger partial charge in [-0.2, -0.15) is 0 Å². The molecule has 0 bridgehead atoms. The largest absolute Gasteiger partial charge is 0.352 e. The second kappa shape index (κ2) is 9.93. The highest BCUT2D eigenvalue weighted by atomic mass is 35.5. The lowest BCUT2D eigenvalue weighted by atomic mass is 10.1. The van der Waals surface area contributed by atoms with E-state index in [4.69, 9.17) is 11.6 Å². The van der Waals surface area contributed by atoms with Crippen molar-refractivity contribution >= 4 is 39.3 Å². The molecule has 1 atom stereocenters. The third-order valence-corrected chi connectivity index (χ3v) is 7.46. The van der Waals surface area contributed by atoms with E-state index in [9.17, 15) is 22.8 Å². The number of nitrogens with zero attached hydrogens (tertiary/aromatic N) is 2. The average Bonchev–Trinajstić information content (AvgIpc) is 2.95. The second-order valence-electron chi connectivity index (χ2n) is 8.01. The Hall–Kier alpha value is -2.91. The molecular weight excluding hydrogens is 466 g/mol. The highest BCUT2D eigenvalue weighted by molar-refractivity contribution is 7.90. The van der Waals surface area contributed by atoms with Crippen LogP contribution in [-0.4, -0.2) is 54.0 Å². The van der Waals surface area contributed by atoms with E-state index in [2.05, 4.69) is 5.32 Å². The van der Waals surface area contributed by atoms with E-state index >= 15 is 0 Å². The predicted molar refractivity (Wildman–Crippen MR) is 124 cm³/mol. The fourth-order valence-corrected chi connectivity index (χ4v) is 5.43.